The highest BCUT2D eigenvalue weighted by molar-refractivity contribution is 5.84. The van der Waals surface area contributed by atoms with Crippen LogP contribution in [0.15, 0.2) is 27.4 Å². The van der Waals surface area contributed by atoms with Crippen LogP contribution < -0.4 is 10.4 Å². The van der Waals surface area contributed by atoms with Crippen LogP contribution in [-0.4, -0.2) is 49.0 Å². The lowest BCUT2D eigenvalue weighted by Crippen LogP contribution is -2.50. The third-order valence-corrected chi connectivity index (χ3v) is 6.51. The van der Waals surface area contributed by atoms with E-state index in [2.05, 4.69) is 0 Å². The molecule has 1 atom stereocenters. The van der Waals surface area contributed by atoms with Crippen LogP contribution in [0.4, 0.5) is 0 Å². The summed E-state index contributed by atoms with van der Waals surface area (Å²) in [5, 5.41) is 0.966. The zero-order valence-electron chi connectivity index (χ0n) is 17.3. The van der Waals surface area contributed by atoms with Crippen LogP contribution >= 0.6 is 0 Å². The van der Waals surface area contributed by atoms with E-state index in [9.17, 15) is 9.59 Å². The lowest BCUT2D eigenvalue weighted by Gasteiger charge is -2.38. The highest BCUT2D eigenvalue weighted by Gasteiger charge is 2.41. The van der Waals surface area contributed by atoms with E-state index in [0.717, 1.165) is 42.2 Å². The number of piperidine rings is 1. The molecule has 0 bridgehead atoms. The van der Waals surface area contributed by atoms with Crippen molar-refractivity contribution >= 4 is 16.9 Å². The van der Waals surface area contributed by atoms with Crippen LogP contribution in [0.2, 0.25) is 0 Å². The average molecular weight is 413 g/mol. The number of benzene rings is 1. The average Bonchev–Trinajstić information content (AvgIpc) is 3.22. The number of carbonyl (C=O) groups is 1. The maximum absolute atomic E-state index is 12.9. The van der Waals surface area contributed by atoms with Gasteiger partial charge in [-0.25, -0.2) is 4.79 Å². The topological polar surface area (TPSA) is 78.2 Å². The fourth-order valence-corrected chi connectivity index (χ4v) is 4.86. The Morgan fingerprint density at radius 3 is 2.53 bits per heavy atom. The fourth-order valence-electron chi connectivity index (χ4n) is 4.86. The number of hydrogen-bond acceptors (Lipinski definition) is 6. The zero-order valence-corrected chi connectivity index (χ0v) is 17.3. The lowest BCUT2D eigenvalue weighted by molar-refractivity contribution is -0.188. The number of likely N-dealkylation sites (tertiary alicyclic amines) is 1. The first-order chi connectivity index (χ1) is 14.5. The van der Waals surface area contributed by atoms with Crippen molar-refractivity contribution in [1.82, 2.24) is 4.90 Å². The highest BCUT2D eigenvalue weighted by atomic mass is 16.7. The first-order valence-electron chi connectivity index (χ1n) is 10.9. The van der Waals surface area contributed by atoms with Crippen LogP contribution in [0.3, 0.4) is 0 Å². The number of aryl methyl sites for hydroxylation is 1. The summed E-state index contributed by atoms with van der Waals surface area (Å²) in [5.41, 5.74) is 2.18. The molecule has 160 valence electrons. The van der Waals surface area contributed by atoms with Gasteiger partial charge in [0.05, 0.1) is 13.2 Å². The third-order valence-electron chi connectivity index (χ3n) is 6.51. The van der Waals surface area contributed by atoms with Gasteiger partial charge in [-0.05, 0) is 50.3 Å². The molecule has 1 aliphatic carbocycles. The molecule has 2 fully saturated rings. The van der Waals surface area contributed by atoms with E-state index in [1.165, 1.54) is 0 Å². The molecule has 30 heavy (non-hydrogen) atoms. The van der Waals surface area contributed by atoms with E-state index >= 15 is 0 Å². The summed E-state index contributed by atoms with van der Waals surface area (Å²) in [6, 6.07) is 5.52. The minimum Gasteiger partial charge on any atom is -0.481 e. The predicted octanol–water partition coefficient (Wildman–Crippen LogP) is 2.80. The summed E-state index contributed by atoms with van der Waals surface area (Å²) in [6.07, 6.45) is 4.52. The van der Waals surface area contributed by atoms with Gasteiger partial charge in [0.25, 0.3) is 5.91 Å². The number of fused-ring (bicyclic) bond motifs is 3. The number of rotatable bonds is 3. The van der Waals surface area contributed by atoms with Crippen LogP contribution in [0, 0.1) is 0 Å². The van der Waals surface area contributed by atoms with Crippen molar-refractivity contribution in [3.8, 4) is 5.75 Å². The number of hydrogen-bond donors (Lipinski definition) is 0. The molecule has 3 aliphatic rings. The van der Waals surface area contributed by atoms with Gasteiger partial charge in [0.15, 0.2) is 11.9 Å². The lowest BCUT2D eigenvalue weighted by atomic mass is 9.91. The van der Waals surface area contributed by atoms with Crippen LogP contribution in [-0.2, 0) is 27.1 Å². The molecule has 1 unspecified atom stereocenters. The van der Waals surface area contributed by atoms with Gasteiger partial charge in [-0.1, -0.05) is 0 Å². The first kappa shape index (κ1) is 19.6. The highest BCUT2D eigenvalue weighted by Crippen LogP contribution is 2.32. The van der Waals surface area contributed by atoms with E-state index < -0.39 is 11.9 Å². The second-order valence-electron chi connectivity index (χ2n) is 8.40. The van der Waals surface area contributed by atoms with Crippen LogP contribution in [0.25, 0.3) is 11.0 Å². The minimum absolute atomic E-state index is 0.0603. The minimum atomic E-state index is -0.633. The summed E-state index contributed by atoms with van der Waals surface area (Å²) < 4.78 is 22.9. The Labute approximate surface area is 174 Å². The Bertz CT molecular complexity index is 1010. The van der Waals surface area contributed by atoms with Crippen molar-refractivity contribution in [2.45, 2.75) is 57.3 Å². The van der Waals surface area contributed by atoms with E-state index in [4.69, 9.17) is 18.6 Å². The Morgan fingerprint density at radius 1 is 1.10 bits per heavy atom. The molecule has 2 aromatic rings. The molecule has 1 amide bonds. The molecule has 3 heterocycles. The molecule has 1 spiro atoms. The second kappa shape index (κ2) is 7.71. The quantitative estimate of drug-likeness (QED) is 0.720. The van der Waals surface area contributed by atoms with Crippen molar-refractivity contribution < 1.29 is 23.4 Å². The van der Waals surface area contributed by atoms with Gasteiger partial charge in [0.1, 0.15) is 11.3 Å². The Balaban J connectivity index is 1.29. The van der Waals surface area contributed by atoms with Gasteiger partial charge >= 0.3 is 5.63 Å². The number of amides is 1. The molecule has 7 nitrogen and oxygen atoms in total. The summed E-state index contributed by atoms with van der Waals surface area (Å²) in [6.45, 7) is 4.17. The molecule has 2 aliphatic heterocycles. The largest absolute Gasteiger partial charge is 0.481 e. The monoisotopic (exact) mass is 413 g/mol. The molecule has 2 saturated heterocycles. The molecule has 0 saturated carbocycles. The van der Waals surface area contributed by atoms with E-state index in [0.29, 0.717) is 50.5 Å². The summed E-state index contributed by atoms with van der Waals surface area (Å²) in [5.74, 6) is -0.0383. The van der Waals surface area contributed by atoms with E-state index in [-0.39, 0.29) is 11.5 Å². The maximum atomic E-state index is 12.9. The second-order valence-corrected chi connectivity index (χ2v) is 8.40. The van der Waals surface area contributed by atoms with E-state index in [1.807, 2.05) is 12.1 Å². The normalized spacial score (nSPS) is 21.6. The fraction of sp³-hybridized carbons (Fsp3) is 0.565. The molecule has 1 aromatic carbocycles. The van der Waals surface area contributed by atoms with Gasteiger partial charge < -0.3 is 23.5 Å². The van der Waals surface area contributed by atoms with Crippen LogP contribution in [0.1, 0.15) is 43.7 Å². The van der Waals surface area contributed by atoms with Crippen molar-refractivity contribution in [3.63, 3.8) is 0 Å². The SMILES string of the molecule is CC(Oc1ccc2c3c(c(=O)oc2c1)CCCC3)C(=O)N1CCC2(CC1)OCCO2. The van der Waals surface area contributed by atoms with Crippen molar-refractivity contribution in [2.24, 2.45) is 0 Å². The van der Waals surface area contributed by atoms with Gasteiger partial charge in [0.2, 0.25) is 0 Å². The molecule has 0 N–H and O–H groups in total. The Morgan fingerprint density at radius 2 is 1.80 bits per heavy atom. The molecule has 1 aromatic heterocycles. The number of nitrogens with zero attached hydrogens (tertiary/aromatic N) is 1. The van der Waals surface area contributed by atoms with E-state index in [1.54, 1.807) is 17.9 Å². The maximum Gasteiger partial charge on any atom is 0.339 e. The zero-order chi connectivity index (χ0) is 20.7. The van der Waals surface area contributed by atoms with Crippen molar-refractivity contribution in [3.05, 3.63) is 39.7 Å². The molecular formula is C23H27NO6. The summed E-state index contributed by atoms with van der Waals surface area (Å²) in [4.78, 5) is 27.0. The molecular weight excluding hydrogens is 386 g/mol. The molecule has 5 rings (SSSR count). The smallest absolute Gasteiger partial charge is 0.339 e. The summed E-state index contributed by atoms with van der Waals surface area (Å²) >= 11 is 0. The van der Waals surface area contributed by atoms with Gasteiger partial charge in [-0.2, -0.15) is 0 Å². The Hall–Kier alpha value is -2.38. The summed E-state index contributed by atoms with van der Waals surface area (Å²) in [7, 11) is 0. The molecule has 7 heteroatoms. The Kier molecular flexibility index (Phi) is 5.03. The standard InChI is InChI=1S/C23H27NO6/c1-15(21(25)24-10-8-23(9-11-24)27-12-13-28-23)29-16-6-7-18-17-4-2-3-5-19(17)22(26)30-20(18)14-16/h6-7,14-15H,2-5,8-13H2,1H3. The molecule has 0 radical (unpaired) electrons. The van der Waals surface area contributed by atoms with Gasteiger partial charge in [-0.3, -0.25) is 4.79 Å². The number of ether oxygens (including phenoxy) is 3. The third kappa shape index (κ3) is 3.50. The first-order valence-corrected chi connectivity index (χ1v) is 10.9. The number of carbonyl (C=O) groups excluding carboxylic acids is 1. The predicted molar refractivity (Wildman–Crippen MR) is 110 cm³/mol. The van der Waals surface area contributed by atoms with Gasteiger partial charge in [-0.15, -0.1) is 0 Å². The van der Waals surface area contributed by atoms with Crippen molar-refractivity contribution in [2.75, 3.05) is 26.3 Å². The van der Waals surface area contributed by atoms with Crippen LogP contribution in [0.5, 0.6) is 5.75 Å². The van der Waals surface area contributed by atoms with Crippen molar-refractivity contribution in [1.29, 1.82) is 0 Å². The van der Waals surface area contributed by atoms with Gasteiger partial charge in [0, 0.05) is 42.9 Å².